The Hall–Kier alpha value is -2.66. The monoisotopic (exact) mass is 329 g/mol. The Morgan fingerprint density at radius 2 is 1.96 bits per heavy atom. The van der Waals surface area contributed by atoms with Gasteiger partial charge in [-0.2, -0.15) is 5.10 Å². The summed E-state index contributed by atoms with van der Waals surface area (Å²) in [5.41, 5.74) is 2.70. The number of nitrogens with one attached hydrogen (secondary N) is 2. The van der Waals surface area contributed by atoms with E-state index in [0.29, 0.717) is 16.1 Å². The molecular weight excluding hydrogens is 317 g/mol. The van der Waals surface area contributed by atoms with Crippen molar-refractivity contribution in [2.24, 2.45) is 0 Å². The maximum atomic E-state index is 13.7. The lowest BCUT2D eigenvalue weighted by Gasteiger charge is -2.07. The van der Waals surface area contributed by atoms with Crippen molar-refractivity contribution in [3.8, 4) is 11.3 Å². The highest BCUT2D eigenvalue weighted by Gasteiger charge is 2.08. The molecule has 0 spiro atoms. The number of hydrogen-bond acceptors (Lipinski definition) is 2. The molecule has 4 nitrogen and oxygen atoms in total. The number of aromatic amines is 1. The van der Waals surface area contributed by atoms with Crippen LogP contribution in [0.25, 0.3) is 11.3 Å². The van der Waals surface area contributed by atoms with Gasteiger partial charge in [0.25, 0.3) is 5.91 Å². The molecule has 3 rings (SSSR count). The minimum Gasteiger partial charge on any atom is -0.348 e. The van der Waals surface area contributed by atoms with Crippen molar-refractivity contribution in [3.63, 3.8) is 0 Å². The van der Waals surface area contributed by atoms with E-state index < -0.39 is 5.82 Å². The predicted octanol–water partition coefficient (Wildman–Crippen LogP) is 3.80. The molecule has 0 radical (unpaired) electrons. The highest BCUT2D eigenvalue weighted by Crippen LogP contribution is 2.17. The number of carbonyl (C=O) groups excluding carboxylic acids is 1. The number of hydrogen-bond donors (Lipinski definition) is 2. The van der Waals surface area contributed by atoms with E-state index in [1.54, 1.807) is 30.5 Å². The Labute approximate surface area is 137 Å². The molecule has 0 unspecified atom stereocenters. The van der Waals surface area contributed by atoms with Crippen LogP contribution in [0.2, 0.25) is 5.02 Å². The van der Waals surface area contributed by atoms with E-state index in [-0.39, 0.29) is 12.5 Å². The quantitative estimate of drug-likeness (QED) is 0.765. The molecule has 0 bridgehead atoms. The van der Waals surface area contributed by atoms with Crippen molar-refractivity contribution in [2.75, 3.05) is 0 Å². The summed E-state index contributed by atoms with van der Waals surface area (Å²) in [6, 6.07) is 13.3. The first kappa shape index (κ1) is 15.2. The minimum absolute atomic E-state index is 0.101. The molecule has 0 saturated heterocycles. The number of carbonyl (C=O) groups is 1. The highest BCUT2D eigenvalue weighted by molar-refractivity contribution is 6.30. The number of nitrogens with zero attached hydrogens (tertiary/aromatic N) is 1. The van der Waals surface area contributed by atoms with E-state index in [0.717, 1.165) is 11.3 Å². The van der Waals surface area contributed by atoms with Crippen LogP contribution in [0.15, 0.2) is 54.7 Å². The van der Waals surface area contributed by atoms with E-state index in [2.05, 4.69) is 15.5 Å². The standard InChI is InChI=1S/C17H13ClFN3O/c18-14-6-5-13(15(19)9-14)10-20-17(23)12-3-1-11(2-4-12)16-7-8-21-22-16/h1-9H,10H2,(H,20,23)(H,21,22). The zero-order valence-corrected chi connectivity index (χ0v) is 12.8. The number of aromatic nitrogens is 2. The number of rotatable bonds is 4. The largest absolute Gasteiger partial charge is 0.348 e. The van der Waals surface area contributed by atoms with Gasteiger partial charge in [-0.05, 0) is 35.9 Å². The van der Waals surface area contributed by atoms with Crippen molar-refractivity contribution < 1.29 is 9.18 Å². The van der Waals surface area contributed by atoms with Crippen LogP contribution in [0.4, 0.5) is 4.39 Å². The van der Waals surface area contributed by atoms with Gasteiger partial charge in [0.05, 0.1) is 5.69 Å². The number of H-pyrrole nitrogens is 1. The van der Waals surface area contributed by atoms with Crippen LogP contribution >= 0.6 is 11.6 Å². The van der Waals surface area contributed by atoms with Crippen LogP contribution in [-0.4, -0.2) is 16.1 Å². The average Bonchev–Trinajstić information content (AvgIpc) is 3.08. The summed E-state index contributed by atoms with van der Waals surface area (Å²) in [5.74, 6) is -0.706. The molecule has 1 heterocycles. The third kappa shape index (κ3) is 3.57. The fourth-order valence-corrected chi connectivity index (χ4v) is 2.32. The summed E-state index contributed by atoms with van der Waals surface area (Å²) in [6.07, 6.45) is 1.66. The third-order valence-corrected chi connectivity index (χ3v) is 3.65. The van der Waals surface area contributed by atoms with Crippen LogP contribution in [-0.2, 0) is 6.54 Å². The van der Waals surface area contributed by atoms with Gasteiger partial charge in [-0.3, -0.25) is 9.89 Å². The van der Waals surface area contributed by atoms with E-state index in [9.17, 15) is 9.18 Å². The van der Waals surface area contributed by atoms with Crippen molar-refractivity contribution in [3.05, 3.63) is 76.7 Å². The van der Waals surface area contributed by atoms with Crippen LogP contribution in [0.3, 0.4) is 0 Å². The van der Waals surface area contributed by atoms with Crippen LogP contribution < -0.4 is 5.32 Å². The molecular formula is C17H13ClFN3O. The molecule has 0 aliphatic rings. The number of amides is 1. The summed E-state index contributed by atoms with van der Waals surface area (Å²) in [4.78, 5) is 12.1. The molecule has 6 heteroatoms. The Balaban J connectivity index is 1.66. The molecule has 3 aromatic rings. The first-order chi connectivity index (χ1) is 11.1. The predicted molar refractivity (Wildman–Crippen MR) is 86.6 cm³/mol. The average molecular weight is 330 g/mol. The lowest BCUT2D eigenvalue weighted by molar-refractivity contribution is 0.0950. The molecule has 1 aromatic heterocycles. The molecule has 0 aliphatic heterocycles. The van der Waals surface area contributed by atoms with Crippen molar-refractivity contribution >= 4 is 17.5 Å². The van der Waals surface area contributed by atoms with Gasteiger partial charge in [0.2, 0.25) is 0 Å². The summed E-state index contributed by atoms with van der Waals surface area (Å²) in [7, 11) is 0. The van der Waals surface area contributed by atoms with Gasteiger partial charge in [0.1, 0.15) is 5.82 Å². The summed E-state index contributed by atoms with van der Waals surface area (Å²) in [6.45, 7) is 0.101. The van der Waals surface area contributed by atoms with Gasteiger partial charge in [-0.1, -0.05) is 29.8 Å². The van der Waals surface area contributed by atoms with Crippen molar-refractivity contribution in [1.29, 1.82) is 0 Å². The first-order valence-electron chi connectivity index (χ1n) is 6.95. The molecule has 2 N–H and O–H groups in total. The first-order valence-corrected chi connectivity index (χ1v) is 7.33. The van der Waals surface area contributed by atoms with Gasteiger partial charge in [-0.25, -0.2) is 4.39 Å². The van der Waals surface area contributed by atoms with Crippen LogP contribution in [0, 0.1) is 5.82 Å². The third-order valence-electron chi connectivity index (χ3n) is 3.41. The second kappa shape index (κ2) is 6.62. The SMILES string of the molecule is O=C(NCc1ccc(Cl)cc1F)c1ccc(-c2ccn[nH]2)cc1. The van der Waals surface area contributed by atoms with Gasteiger partial charge < -0.3 is 5.32 Å². The molecule has 2 aromatic carbocycles. The molecule has 116 valence electrons. The zero-order valence-electron chi connectivity index (χ0n) is 12.0. The zero-order chi connectivity index (χ0) is 16.2. The second-order valence-electron chi connectivity index (χ2n) is 4.97. The fourth-order valence-electron chi connectivity index (χ4n) is 2.16. The molecule has 0 atom stereocenters. The van der Waals surface area contributed by atoms with E-state index in [1.807, 2.05) is 18.2 Å². The van der Waals surface area contributed by atoms with Crippen molar-refractivity contribution in [1.82, 2.24) is 15.5 Å². The van der Waals surface area contributed by atoms with Gasteiger partial charge in [0.15, 0.2) is 0 Å². The lowest BCUT2D eigenvalue weighted by Crippen LogP contribution is -2.23. The van der Waals surface area contributed by atoms with Gasteiger partial charge in [-0.15, -0.1) is 0 Å². The molecule has 0 aliphatic carbocycles. The second-order valence-corrected chi connectivity index (χ2v) is 5.40. The summed E-state index contributed by atoms with van der Waals surface area (Å²) in [5, 5.41) is 9.75. The Kier molecular flexibility index (Phi) is 4.39. The molecule has 23 heavy (non-hydrogen) atoms. The maximum Gasteiger partial charge on any atom is 0.251 e. The Morgan fingerprint density at radius 1 is 1.17 bits per heavy atom. The smallest absolute Gasteiger partial charge is 0.251 e. The number of benzene rings is 2. The minimum atomic E-state index is -0.438. The Morgan fingerprint density at radius 3 is 2.61 bits per heavy atom. The molecule has 0 fully saturated rings. The normalized spacial score (nSPS) is 10.5. The van der Waals surface area contributed by atoms with E-state index >= 15 is 0 Å². The molecule has 1 amide bonds. The van der Waals surface area contributed by atoms with Gasteiger partial charge >= 0.3 is 0 Å². The summed E-state index contributed by atoms with van der Waals surface area (Å²) < 4.78 is 13.7. The van der Waals surface area contributed by atoms with Crippen LogP contribution in [0.5, 0.6) is 0 Å². The summed E-state index contributed by atoms with van der Waals surface area (Å²) >= 11 is 5.70. The fraction of sp³-hybridized carbons (Fsp3) is 0.0588. The van der Waals surface area contributed by atoms with E-state index in [4.69, 9.17) is 11.6 Å². The maximum absolute atomic E-state index is 13.7. The highest BCUT2D eigenvalue weighted by atomic mass is 35.5. The molecule has 0 saturated carbocycles. The Bertz CT molecular complexity index is 816. The van der Waals surface area contributed by atoms with Crippen molar-refractivity contribution in [2.45, 2.75) is 6.54 Å². The topological polar surface area (TPSA) is 57.8 Å². The van der Waals surface area contributed by atoms with Gasteiger partial charge in [0, 0.05) is 28.9 Å². The van der Waals surface area contributed by atoms with Crippen LogP contribution in [0.1, 0.15) is 15.9 Å². The number of halogens is 2. The lowest BCUT2D eigenvalue weighted by atomic mass is 10.1. The van der Waals surface area contributed by atoms with E-state index in [1.165, 1.54) is 6.07 Å².